The monoisotopic (exact) mass is 334 g/mol. The lowest BCUT2D eigenvalue weighted by Gasteiger charge is -2.19. The maximum Gasteiger partial charge on any atom is 0.305 e. The highest BCUT2D eigenvalue weighted by Crippen LogP contribution is 2.26. The number of carboxylic acids is 1. The number of pyridine rings is 1. The van der Waals surface area contributed by atoms with Gasteiger partial charge in [0.25, 0.3) is 5.91 Å². The van der Waals surface area contributed by atoms with Gasteiger partial charge in [0.2, 0.25) is 0 Å². The smallest absolute Gasteiger partial charge is 0.305 e. The summed E-state index contributed by atoms with van der Waals surface area (Å²) in [6, 6.07) is 9.23. The minimum absolute atomic E-state index is 0.0810. The highest BCUT2D eigenvalue weighted by molar-refractivity contribution is 6.31. The number of nitrogens with one attached hydrogen (secondary N) is 1. The maximum atomic E-state index is 12.4. The van der Waals surface area contributed by atoms with Gasteiger partial charge in [-0.25, -0.2) is 4.98 Å². The quantitative estimate of drug-likeness (QED) is 0.848. The van der Waals surface area contributed by atoms with Crippen LogP contribution in [0.1, 0.15) is 28.5 Å². The minimum Gasteiger partial charge on any atom is -0.494 e. The molecule has 0 spiro atoms. The predicted molar refractivity (Wildman–Crippen MR) is 84.7 cm³/mol. The van der Waals surface area contributed by atoms with Crippen LogP contribution in [0.4, 0.5) is 0 Å². The fourth-order valence-electron chi connectivity index (χ4n) is 2.12. The van der Waals surface area contributed by atoms with Crippen molar-refractivity contribution in [1.29, 1.82) is 0 Å². The van der Waals surface area contributed by atoms with Gasteiger partial charge in [-0.15, -0.1) is 0 Å². The van der Waals surface area contributed by atoms with Crippen LogP contribution < -0.4 is 10.1 Å². The highest BCUT2D eigenvalue weighted by atomic mass is 35.5. The summed E-state index contributed by atoms with van der Waals surface area (Å²) in [6.45, 7) is 0. The Balaban J connectivity index is 2.29. The van der Waals surface area contributed by atoms with E-state index in [1.165, 1.54) is 13.3 Å². The second-order valence-electron chi connectivity index (χ2n) is 4.70. The third-order valence-corrected chi connectivity index (χ3v) is 3.51. The fourth-order valence-corrected chi connectivity index (χ4v) is 2.39. The van der Waals surface area contributed by atoms with Gasteiger partial charge in [0, 0.05) is 11.2 Å². The molecule has 7 heteroatoms. The van der Waals surface area contributed by atoms with Gasteiger partial charge in [0.05, 0.1) is 19.6 Å². The van der Waals surface area contributed by atoms with Crippen molar-refractivity contribution in [3.05, 3.63) is 58.9 Å². The molecule has 1 heterocycles. The Morgan fingerprint density at radius 1 is 1.30 bits per heavy atom. The van der Waals surface area contributed by atoms with Crippen molar-refractivity contribution in [2.45, 2.75) is 12.5 Å². The summed E-state index contributed by atoms with van der Waals surface area (Å²) in [5, 5.41) is 12.1. The molecule has 1 aromatic carbocycles. The van der Waals surface area contributed by atoms with E-state index >= 15 is 0 Å². The molecule has 0 saturated heterocycles. The Morgan fingerprint density at radius 3 is 2.70 bits per heavy atom. The number of nitrogens with zero attached hydrogens (tertiary/aromatic N) is 1. The van der Waals surface area contributed by atoms with Crippen molar-refractivity contribution in [3.63, 3.8) is 0 Å². The second-order valence-corrected chi connectivity index (χ2v) is 5.11. The average Bonchev–Trinajstić information content (AvgIpc) is 2.54. The number of halogens is 1. The number of amides is 1. The molecule has 0 radical (unpaired) electrons. The summed E-state index contributed by atoms with van der Waals surface area (Å²) >= 11 is 6.11. The predicted octanol–water partition coefficient (Wildman–Crippen LogP) is 2.69. The van der Waals surface area contributed by atoms with E-state index in [4.69, 9.17) is 21.4 Å². The van der Waals surface area contributed by atoms with E-state index in [0.717, 1.165) is 0 Å². The standard InChI is InChI=1S/C16H15ClN2O4/c1-23-13-7-4-8-18-15(13)16(22)19-12(9-14(20)21)10-5-2-3-6-11(10)17/h2-8,12H,9H2,1H3,(H,19,22)(H,20,21)/t12-/m1/s1. The summed E-state index contributed by atoms with van der Waals surface area (Å²) in [7, 11) is 1.43. The Hall–Kier alpha value is -2.60. The molecule has 0 bridgehead atoms. The number of rotatable bonds is 6. The summed E-state index contributed by atoms with van der Waals surface area (Å²) in [4.78, 5) is 27.5. The summed E-state index contributed by atoms with van der Waals surface area (Å²) in [5.74, 6) is -1.28. The number of ether oxygens (including phenoxy) is 1. The number of carboxylic acid groups (broad SMARTS) is 1. The first-order valence-electron chi connectivity index (χ1n) is 6.79. The van der Waals surface area contributed by atoms with Crippen LogP contribution in [0, 0.1) is 0 Å². The number of aromatic nitrogens is 1. The number of hydrogen-bond donors (Lipinski definition) is 2. The lowest BCUT2D eigenvalue weighted by molar-refractivity contribution is -0.137. The molecular weight excluding hydrogens is 320 g/mol. The van der Waals surface area contributed by atoms with Gasteiger partial charge >= 0.3 is 5.97 Å². The van der Waals surface area contributed by atoms with E-state index < -0.39 is 17.9 Å². The summed E-state index contributed by atoms with van der Waals surface area (Å²) in [5.41, 5.74) is 0.609. The van der Waals surface area contributed by atoms with Crippen LogP contribution in [0.3, 0.4) is 0 Å². The average molecular weight is 335 g/mol. The van der Waals surface area contributed by atoms with Crippen LogP contribution in [-0.4, -0.2) is 29.1 Å². The van der Waals surface area contributed by atoms with E-state index in [2.05, 4.69) is 10.3 Å². The number of benzene rings is 1. The highest BCUT2D eigenvalue weighted by Gasteiger charge is 2.23. The van der Waals surface area contributed by atoms with Crippen molar-refractivity contribution >= 4 is 23.5 Å². The van der Waals surface area contributed by atoms with Crippen molar-refractivity contribution in [1.82, 2.24) is 10.3 Å². The normalized spacial score (nSPS) is 11.6. The van der Waals surface area contributed by atoms with Crippen LogP contribution in [0.2, 0.25) is 5.02 Å². The number of hydrogen-bond acceptors (Lipinski definition) is 4. The van der Waals surface area contributed by atoms with Gasteiger partial charge in [0.1, 0.15) is 5.75 Å². The molecule has 2 aromatic rings. The van der Waals surface area contributed by atoms with Gasteiger partial charge in [-0.2, -0.15) is 0 Å². The second kappa shape index (κ2) is 7.60. The molecule has 23 heavy (non-hydrogen) atoms. The van der Waals surface area contributed by atoms with E-state index in [0.29, 0.717) is 16.3 Å². The van der Waals surface area contributed by atoms with Gasteiger partial charge < -0.3 is 15.2 Å². The zero-order chi connectivity index (χ0) is 16.8. The molecule has 0 unspecified atom stereocenters. The van der Waals surface area contributed by atoms with Gasteiger partial charge in [-0.3, -0.25) is 9.59 Å². The van der Waals surface area contributed by atoms with Crippen LogP contribution in [0.5, 0.6) is 5.75 Å². The third kappa shape index (κ3) is 4.20. The number of carbonyl (C=O) groups is 2. The molecule has 1 amide bonds. The zero-order valence-electron chi connectivity index (χ0n) is 12.3. The Labute approximate surface area is 138 Å². The van der Waals surface area contributed by atoms with Crippen LogP contribution >= 0.6 is 11.6 Å². The topological polar surface area (TPSA) is 88.5 Å². The van der Waals surface area contributed by atoms with E-state index in [9.17, 15) is 9.59 Å². The van der Waals surface area contributed by atoms with Gasteiger partial charge in [-0.05, 0) is 23.8 Å². The fraction of sp³-hybridized carbons (Fsp3) is 0.188. The first-order chi connectivity index (χ1) is 11.0. The van der Waals surface area contributed by atoms with Crippen molar-refractivity contribution < 1.29 is 19.4 Å². The molecule has 0 aliphatic carbocycles. The molecule has 1 atom stereocenters. The van der Waals surface area contributed by atoms with Crippen LogP contribution in [-0.2, 0) is 4.79 Å². The summed E-state index contributed by atoms with van der Waals surface area (Å²) in [6.07, 6.45) is 1.16. The molecular formula is C16H15ClN2O4. The first-order valence-corrected chi connectivity index (χ1v) is 7.16. The molecule has 1 aromatic heterocycles. The van der Waals surface area contributed by atoms with Gasteiger partial charge in [0.15, 0.2) is 5.69 Å². The number of carbonyl (C=O) groups excluding carboxylic acids is 1. The molecule has 0 aliphatic rings. The molecule has 0 saturated carbocycles. The van der Waals surface area contributed by atoms with Crippen LogP contribution in [0.25, 0.3) is 0 Å². The molecule has 6 nitrogen and oxygen atoms in total. The van der Waals surface area contributed by atoms with Crippen LogP contribution in [0.15, 0.2) is 42.6 Å². The zero-order valence-corrected chi connectivity index (χ0v) is 13.1. The molecule has 0 aliphatic heterocycles. The van der Waals surface area contributed by atoms with Crippen molar-refractivity contribution in [3.8, 4) is 5.75 Å². The molecule has 2 rings (SSSR count). The first kappa shape index (κ1) is 16.8. The van der Waals surface area contributed by atoms with E-state index in [1.807, 2.05) is 0 Å². The lowest BCUT2D eigenvalue weighted by Crippen LogP contribution is -2.31. The maximum absolute atomic E-state index is 12.4. The number of aliphatic carboxylic acids is 1. The SMILES string of the molecule is COc1cccnc1C(=O)N[C@H](CC(=O)O)c1ccccc1Cl. The van der Waals surface area contributed by atoms with Crippen molar-refractivity contribution in [2.75, 3.05) is 7.11 Å². The summed E-state index contributed by atoms with van der Waals surface area (Å²) < 4.78 is 5.09. The molecule has 2 N–H and O–H groups in total. The number of methoxy groups -OCH3 is 1. The van der Waals surface area contributed by atoms with E-state index in [-0.39, 0.29) is 12.1 Å². The lowest BCUT2D eigenvalue weighted by atomic mass is 10.0. The Morgan fingerprint density at radius 2 is 2.04 bits per heavy atom. The Bertz CT molecular complexity index is 721. The minimum atomic E-state index is -1.05. The van der Waals surface area contributed by atoms with E-state index in [1.54, 1.807) is 36.4 Å². The van der Waals surface area contributed by atoms with Crippen molar-refractivity contribution in [2.24, 2.45) is 0 Å². The third-order valence-electron chi connectivity index (χ3n) is 3.17. The molecule has 120 valence electrons. The Kier molecular flexibility index (Phi) is 5.54. The van der Waals surface area contributed by atoms with Gasteiger partial charge in [-0.1, -0.05) is 29.8 Å². The molecule has 0 fully saturated rings. The largest absolute Gasteiger partial charge is 0.494 e.